The molecule has 1 aliphatic carbocycles. The van der Waals surface area contributed by atoms with Crippen LogP contribution < -0.4 is 10.5 Å². The van der Waals surface area contributed by atoms with Gasteiger partial charge in [0.15, 0.2) is 0 Å². The molecule has 1 saturated carbocycles. The second-order valence-electron chi connectivity index (χ2n) is 6.02. The van der Waals surface area contributed by atoms with Gasteiger partial charge in [0.2, 0.25) is 0 Å². The highest BCUT2D eigenvalue weighted by molar-refractivity contribution is 5.30. The molecule has 2 unspecified atom stereocenters. The first-order valence-corrected chi connectivity index (χ1v) is 7.67. The van der Waals surface area contributed by atoms with Crippen LogP contribution in [0.1, 0.15) is 57.4 Å². The second-order valence-corrected chi connectivity index (χ2v) is 6.02. The Balaban J connectivity index is 2.07. The summed E-state index contributed by atoms with van der Waals surface area (Å²) < 4.78 is 6.25. The summed E-state index contributed by atoms with van der Waals surface area (Å²) in [5, 5.41) is 0. The monoisotopic (exact) mass is 261 g/mol. The fourth-order valence-corrected chi connectivity index (χ4v) is 2.90. The zero-order valence-corrected chi connectivity index (χ0v) is 12.3. The summed E-state index contributed by atoms with van der Waals surface area (Å²) in [7, 11) is 0. The van der Waals surface area contributed by atoms with Gasteiger partial charge in [0.1, 0.15) is 11.9 Å². The van der Waals surface area contributed by atoms with Crippen molar-refractivity contribution in [1.82, 2.24) is 0 Å². The lowest BCUT2D eigenvalue weighted by Crippen LogP contribution is -2.31. The smallest absolute Gasteiger partial charge is 0.120 e. The lowest BCUT2D eigenvalue weighted by Gasteiger charge is -2.25. The molecule has 2 nitrogen and oxygen atoms in total. The number of benzene rings is 1. The first-order chi connectivity index (χ1) is 9.20. The molecule has 0 heterocycles. The van der Waals surface area contributed by atoms with E-state index in [1.807, 2.05) is 0 Å². The number of hydrogen-bond acceptors (Lipinski definition) is 2. The van der Waals surface area contributed by atoms with Crippen molar-refractivity contribution in [2.24, 2.45) is 11.7 Å². The van der Waals surface area contributed by atoms with Crippen LogP contribution in [-0.4, -0.2) is 12.6 Å². The molecule has 19 heavy (non-hydrogen) atoms. The van der Waals surface area contributed by atoms with Gasteiger partial charge in [0.25, 0.3) is 0 Å². The molecule has 1 aliphatic rings. The van der Waals surface area contributed by atoms with E-state index in [-0.39, 0.29) is 0 Å². The molecular formula is C17H27NO. The Morgan fingerprint density at radius 2 is 2.00 bits per heavy atom. The Bertz CT molecular complexity index is 389. The third kappa shape index (κ3) is 3.97. The average Bonchev–Trinajstić information content (AvgIpc) is 2.64. The Morgan fingerprint density at radius 3 is 2.74 bits per heavy atom. The van der Waals surface area contributed by atoms with Crippen LogP contribution in [0.3, 0.4) is 0 Å². The van der Waals surface area contributed by atoms with Gasteiger partial charge in [-0.2, -0.15) is 0 Å². The third-order valence-corrected chi connectivity index (χ3v) is 4.20. The molecule has 0 radical (unpaired) electrons. The summed E-state index contributed by atoms with van der Waals surface area (Å²) in [6.45, 7) is 5.18. The van der Waals surface area contributed by atoms with Crippen molar-refractivity contribution in [2.45, 2.75) is 58.0 Å². The summed E-state index contributed by atoms with van der Waals surface area (Å²) in [6, 6.07) is 8.53. The van der Waals surface area contributed by atoms with Crippen molar-refractivity contribution in [2.75, 3.05) is 6.54 Å². The maximum atomic E-state index is 6.25. The highest BCUT2D eigenvalue weighted by Gasteiger charge is 2.24. The van der Waals surface area contributed by atoms with Gasteiger partial charge in [-0.1, -0.05) is 38.8 Å². The van der Waals surface area contributed by atoms with Crippen LogP contribution in [0.2, 0.25) is 0 Å². The van der Waals surface area contributed by atoms with Crippen LogP contribution in [0.25, 0.3) is 0 Å². The molecule has 1 aromatic carbocycles. The van der Waals surface area contributed by atoms with Gasteiger partial charge in [0.05, 0.1) is 0 Å². The lowest BCUT2D eigenvalue weighted by molar-refractivity contribution is 0.129. The highest BCUT2D eigenvalue weighted by Crippen LogP contribution is 2.28. The molecular weight excluding hydrogens is 234 g/mol. The maximum Gasteiger partial charge on any atom is 0.120 e. The van der Waals surface area contributed by atoms with Gasteiger partial charge in [0, 0.05) is 5.92 Å². The molecule has 0 amide bonds. The molecule has 2 atom stereocenters. The molecule has 0 aromatic heterocycles. The van der Waals surface area contributed by atoms with Crippen LogP contribution in [0.4, 0.5) is 0 Å². The zero-order valence-electron chi connectivity index (χ0n) is 12.3. The van der Waals surface area contributed by atoms with E-state index in [2.05, 4.69) is 38.1 Å². The minimum atomic E-state index is 0.301. The van der Waals surface area contributed by atoms with Gasteiger partial charge in [-0.05, 0) is 49.4 Å². The van der Waals surface area contributed by atoms with Crippen molar-refractivity contribution in [1.29, 1.82) is 0 Å². The minimum Gasteiger partial charge on any atom is -0.490 e. The topological polar surface area (TPSA) is 35.2 Å². The van der Waals surface area contributed by atoms with E-state index in [9.17, 15) is 0 Å². The largest absolute Gasteiger partial charge is 0.490 e. The van der Waals surface area contributed by atoms with Crippen molar-refractivity contribution >= 4 is 0 Å². The first-order valence-electron chi connectivity index (χ1n) is 7.67. The number of ether oxygens (including phenoxy) is 1. The fourth-order valence-electron chi connectivity index (χ4n) is 2.90. The minimum absolute atomic E-state index is 0.301. The van der Waals surface area contributed by atoms with Crippen molar-refractivity contribution in [3.05, 3.63) is 29.8 Å². The average molecular weight is 261 g/mol. The van der Waals surface area contributed by atoms with Gasteiger partial charge in [-0.3, -0.25) is 0 Å². The number of nitrogens with two attached hydrogens (primary N) is 1. The molecule has 0 aliphatic heterocycles. The normalized spacial score (nSPS) is 24.2. The van der Waals surface area contributed by atoms with E-state index < -0.39 is 0 Å². The van der Waals surface area contributed by atoms with Crippen LogP contribution in [0, 0.1) is 5.92 Å². The summed E-state index contributed by atoms with van der Waals surface area (Å²) in [5.41, 5.74) is 7.26. The van der Waals surface area contributed by atoms with Gasteiger partial charge < -0.3 is 10.5 Å². The molecule has 1 fully saturated rings. The summed E-state index contributed by atoms with van der Waals surface area (Å²) in [6.07, 6.45) is 6.55. The third-order valence-electron chi connectivity index (χ3n) is 4.20. The number of hydrogen-bond donors (Lipinski definition) is 1. The van der Waals surface area contributed by atoms with Crippen LogP contribution >= 0.6 is 0 Å². The van der Waals surface area contributed by atoms with Crippen LogP contribution in [0.5, 0.6) is 5.75 Å². The summed E-state index contributed by atoms with van der Waals surface area (Å²) in [4.78, 5) is 0. The molecule has 0 bridgehead atoms. The Morgan fingerprint density at radius 1 is 1.21 bits per heavy atom. The fraction of sp³-hybridized carbons (Fsp3) is 0.647. The molecule has 2 heteroatoms. The van der Waals surface area contributed by atoms with Crippen LogP contribution in [0.15, 0.2) is 24.3 Å². The highest BCUT2D eigenvalue weighted by atomic mass is 16.5. The van der Waals surface area contributed by atoms with Crippen molar-refractivity contribution in [3.63, 3.8) is 0 Å². The van der Waals surface area contributed by atoms with E-state index in [0.717, 1.165) is 18.7 Å². The van der Waals surface area contributed by atoms with Crippen molar-refractivity contribution < 1.29 is 4.74 Å². The van der Waals surface area contributed by atoms with E-state index in [1.54, 1.807) is 0 Å². The zero-order chi connectivity index (χ0) is 13.7. The van der Waals surface area contributed by atoms with E-state index in [0.29, 0.717) is 17.9 Å². The predicted molar refractivity (Wildman–Crippen MR) is 80.6 cm³/mol. The standard InChI is InChI=1S/C17H27NO/c1-13(2)14-8-6-9-16(11-14)19-17-10-5-3-4-7-15(17)12-18/h6,8-9,11,13,15,17H,3-5,7,10,12,18H2,1-2H3. The van der Waals surface area contributed by atoms with Crippen molar-refractivity contribution in [3.8, 4) is 5.75 Å². The lowest BCUT2D eigenvalue weighted by atomic mass is 9.97. The second kappa shape index (κ2) is 6.95. The molecule has 1 aromatic rings. The quantitative estimate of drug-likeness (QED) is 0.828. The van der Waals surface area contributed by atoms with E-state index in [1.165, 1.54) is 31.2 Å². The van der Waals surface area contributed by atoms with Gasteiger partial charge in [-0.25, -0.2) is 0 Å². The molecule has 2 rings (SSSR count). The SMILES string of the molecule is CC(C)c1cccc(OC2CCCCCC2CN)c1. The Hall–Kier alpha value is -1.02. The maximum absolute atomic E-state index is 6.25. The predicted octanol–water partition coefficient (Wildman–Crippen LogP) is 4.10. The van der Waals surface area contributed by atoms with Crippen LogP contribution in [-0.2, 0) is 0 Å². The molecule has 2 N–H and O–H groups in total. The Kier molecular flexibility index (Phi) is 5.26. The summed E-state index contributed by atoms with van der Waals surface area (Å²) in [5.74, 6) is 2.07. The number of rotatable bonds is 4. The first kappa shape index (κ1) is 14.4. The molecule has 106 valence electrons. The summed E-state index contributed by atoms with van der Waals surface area (Å²) >= 11 is 0. The van der Waals surface area contributed by atoms with E-state index >= 15 is 0 Å². The molecule has 0 saturated heterocycles. The van der Waals surface area contributed by atoms with Gasteiger partial charge >= 0.3 is 0 Å². The van der Waals surface area contributed by atoms with Gasteiger partial charge in [-0.15, -0.1) is 0 Å². The Labute approximate surface area is 117 Å². The van der Waals surface area contributed by atoms with E-state index in [4.69, 9.17) is 10.5 Å². The molecule has 0 spiro atoms.